The summed E-state index contributed by atoms with van der Waals surface area (Å²) < 4.78 is 5.27. The fourth-order valence-electron chi connectivity index (χ4n) is 1.55. The molecule has 0 radical (unpaired) electrons. The van der Waals surface area contributed by atoms with E-state index in [0.717, 1.165) is 11.1 Å². The van der Waals surface area contributed by atoms with Crippen LogP contribution in [-0.2, 0) is 22.7 Å². The molecule has 0 spiro atoms. The van der Waals surface area contributed by atoms with Crippen LogP contribution >= 0.6 is 11.8 Å². The maximum atomic E-state index is 11.8. The number of methoxy groups -OCH3 is 1. The lowest BCUT2D eigenvalue weighted by molar-refractivity contribution is -0.118. The second kappa shape index (κ2) is 7.56. The highest BCUT2D eigenvalue weighted by Crippen LogP contribution is 2.22. The van der Waals surface area contributed by atoms with Crippen LogP contribution in [0.5, 0.6) is 0 Å². The molecule has 0 aliphatic heterocycles. The molecule has 1 aromatic rings. The van der Waals surface area contributed by atoms with E-state index >= 15 is 0 Å². The molecular formula is C15H23NO2S. The molecule has 0 saturated heterocycles. The normalized spacial score (nSPS) is 11.4. The topological polar surface area (TPSA) is 38.3 Å². The zero-order valence-corrected chi connectivity index (χ0v) is 13.0. The van der Waals surface area contributed by atoms with Gasteiger partial charge < -0.3 is 10.1 Å². The Bertz CT molecular complexity index is 413. The molecule has 1 amide bonds. The highest BCUT2D eigenvalue weighted by Gasteiger charge is 2.13. The number of carbonyl (C=O) groups is 1. The fraction of sp³-hybridized carbons (Fsp3) is 0.533. The average molecular weight is 281 g/mol. The van der Waals surface area contributed by atoms with Crippen molar-refractivity contribution in [3.8, 4) is 0 Å². The van der Waals surface area contributed by atoms with E-state index in [1.54, 1.807) is 18.9 Å². The summed E-state index contributed by atoms with van der Waals surface area (Å²) in [5.41, 5.74) is 2.23. The number of thioether (sulfide) groups is 1. The molecule has 0 aliphatic rings. The number of hydrogen-bond acceptors (Lipinski definition) is 3. The van der Waals surface area contributed by atoms with Crippen molar-refractivity contribution in [2.75, 3.05) is 12.9 Å². The third kappa shape index (κ3) is 6.64. The molecule has 106 valence electrons. The molecule has 4 heteroatoms. The van der Waals surface area contributed by atoms with E-state index in [9.17, 15) is 4.79 Å². The van der Waals surface area contributed by atoms with Crippen molar-refractivity contribution in [3.63, 3.8) is 0 Å². The summed E-state index contributed by atoms with van der Waals surface area (Å²) in [5.74, 6) is 0.572. The second-order valence-corrected chi connectivity index (χ2v) is 7.18. The van der Waals surface area contributed by atoms with Crippen LogP contribution in [0.25, 0.3) is 0 Å². The van der Waals surface area contributed by atoms with Crippen molar-refractivity contribution in [2.24, 2.45) is 0 Å². The number of rotatable bonds is 6. The predicted octanol–water partition coefficient (Wildman–Crippen LogP) is 2.98. The number of amides is 1. The summed E-state index contributed by atoms with van der Waals surface area (Å²) in [6, 6.07) is 8.00. The van der Waals surface area contributed by atoms with E-state index in [4.69, 9.17) is 4.74 Å². The predicted molar refractivity (Wildman–Crippen MR) is 81.2 cm³/mol. The van der Waals surface area contributed by atoms with Crippen LogP contribution in [0.4, 0.5) is 0 Å². The van der Waals surface area contributed by atoms with Gasteiger partial charge in [0.15, 0.2) is 0 Å². The zero-order chi connectivity index (χ0) is 14.3. The lowest BCUT2D eigenvalue weighted by atomic mass is 10.1. The van der Waals surface area contributed by atoms with Gasteiger partial charge in [-0.05, 0) is 11.1 Å². The Kier molecular flexibility index (Phi) is 6.38. The van der Waals surface area contributed by atoms with Crippen molar-refractivity contribution < 1.29 is 9.53 Å². The van der Waals surface area contributed by atoms with Gasteiger partial charge in [0.25, 0.3) is 0 Å². The number of benzene rings is 1. The minimum Gasteiger partial charge on any atom is -0.380 e. The second-order valence-electron chi connectivity index (χ2n) is 5.38. The van der Waals surface area contributed by atoms with Gasteiger partial charge in [-0.25, -0.2) is 0 Å². The summed E-state index contributed by atoms with van der Waals surface area (Å²) in [4.78, 5) is 11.8. The van der Waals surface area contributed by atoms with Crippen molar-refractivity contribution in [3.05, 3.63) is 35.4 Å². The average Bonchev–Trinajstić information content (AvgIpc) is 2.35. The number of ether oxygens (including phenoxy) is 1. The van der Waals surface area contributed by atoms with Crippen LogP contribution in [0.2, 0.25) is 0 Å². The third-order valence-electron chi connectivity index (χ3n) is 2.53. The first kappa shape index (κ1) is 16.1. The van der Waals surface area contributed by atoms with Gasteiger partial charge in [0.1, 0.15) is 0 Å². The van der Waals surface area contributed by atoms with Crippen molar-refractivity contribution in [1.29, 1.82) is 0 Å². The van der Waals surface area contributed by atoms with Crippen LogP contribution in [0, 0.1) is 0 Å². The van der Waals surface area contributed by atoms with E-state index in [-0.39, 0.29) is 10.7 Å². The van der Waals surface area contributed by atoms with Gasteiger partial charge in [0, 0.05) is 18.4 Å². The monoisotopic (exact) mass is 281 g/mol. The Morgan fingerprint density at radius 1 is 1.26 bits per heavy atom. The molecule has 1 aromatic carbocycles. The standard InChI is InChI=1S/C15H23NO2S/c1-15(2,3)19-11-14(17)16-9-12-7-5-6-8-13(12)10-18-4/h5-8H,9-11H2,1-4H3,(H,16,17). The Hall–Kier alpha value is -1.000. The molecule has 0 fully saturated rings. The molecule has 0 heterocycles. The van der Waals surface area contributed by atoms with Crippen LogP contribution in [0.3, 0.4) is 0 Å². The largest absolute Gasteiger partial charge is 0.380 e. The Morgan fingerprint density at radius 3 is 2.47 bits per heavy atom. The Morgan fingerprint density at radius 2 is 1.89 bits per heavy atom. The summed E-state index contributed by atoms with van der Waals surface area (Å²) in [6.45, 7) is 7.46. The van der Waals surface area contributed by atoms with E-state index in [1.165, 1.54) is 0 Å². The van der Waals surface area contributed by atoms with Crippen LogP contribution in [-0.4, -0.2) is 23.5 Å². The van der Waals surface area contributed by atoms with Crippen molar-refractivity contribution in [1.82, 2.24) is 5.32 Å². The molecule has 0 aromatic heterocycles. The maximum absolute atomic E-state index is 11.8. The zero-order valence-electron chi connectivity index (χ0n) is 12.2. The molecule has 19 heavy (non-hydrogen) atoms. The van der Waals surface area contributed by atoms with Gasteiger partial charge in [-0.1, -0.05) is 45.0 Å². The van der Waals surface area contributed by atoms with Crippen LogP contribution in [0.1, 0.15) is 31.9 Å². The number of carbonyl (C=O) groups excluding carboxylic acids is 1. The Labute approximate surface area is 120 Å². The molecule has 0 atom stereocenters. The van der Waals surface area contributed by atoms with Gasteiger partial charge in [-0.2, -0.15) is 0 Å². The van der Waals surface area contributed by atoms with E-state index < -0.39 is 0 Å². The molecule has 3 nitrogen and oxygen atoms in total. The van der Waals surface area contributed by atoms with Crippen molar-refractivity contribution in [2.45, 2.75) is 38.7 Å². The molecule has 1 N–H and O–H groups in total. The van der Waals surface area contributed by atoms with Gasteiger partial charge in [0.2, 0.25) is 5.91 Å². The molecule has 1 rings (SSSR count). The quantitative estimate of drug-likeness (QED) is 0.871. The fourth-order valence-corrected chi connectivity index (χ4v) is 2.22. The number of nitrogens with one attached hydrogen (secondary N) is 1. The first-order valence-electron chi connectivity index (χ1n) is 6.39. The smallest absolute Gasteiger partial charge is 0.230 e. The third-order valence-corrected chi connectivity index (χ3v) is 3.80. The van der Waals surface area contributed by atoms with Gasteiger partial charge in [0.05, 0.1) is 12.4 Å². The van der Waals surface area contributed by atoms with Crippen LogP contribution in [0.15, 0.2) is 24.3 Å². The lowest BCUT2D eigenvalue weighted by Crippen LogP contribution is -2.27. The van der Waals surface area contributed by atoms with E-state index in [2.05, 4.69) is 26.1 Å². The molecule has 0 unspecified atom stereocenters. The summed E-state index contributed by atoms with van der Waals surface area (Å²) >= 11 is 1.65. The lowest BCUT2D eigenvalue weighted by Gasteiger charge is -2.17. The number of hydrogen-bond donors (Lipinski definition) is 1. The van der Waals surface area contributed by atoms with Gasteiger partial charge >= 0.3 is 0 Å². The summed E-state index contributed by atoms with van der Waals surface area (Å²) in [6.07, 6.45) is 0. The first-order chi connectivity index (χ1) is 8.92. The molecule has 0 bridgehead atoms. The van der Waals surface area contributed by atoms with Crippen molar-refractivity contribution >= 4 is 17.7 Å². The Balaban J connectivity index is 2.46. The minimum atomic E-state index is 0.0761. The molecule has 0 aliphatic carbocycles. The first-order valence-corrected chi connectivity index (χ1v) is 7.37. The molecular weight excluding hydrogens is 258 g/mol. The minimum absolute atomic E-state index is 0.0761. The maximum Gasteiger partial charge on any atom is 0.230 e. The summed E-state index contributed by atoms with van der Waals surface area (Å²) in [7, 11) is 1.68. The van der Waals surface area contributed by atoms with E-state index in [1.807, 2.05) is 24.3 Å². The summed E-state index contributed by atoms with van der Waals surface area (Å²) in [5, 5.41) is 2.96. The highest BCUT2D eigenvalue weighted by molar-refractivity contribution is 8.01. The van der Waals surface area contributed by atoms with E-state index in [0.29, 0.717) is 18.9 Å². The SMILES string of the molecule is COCc1ccccc1CNC(=O)CSC(C)(C)C. The highest BCUT2D eigenvalue weighted by atomic mass is 32.2. The van der Waals surface area contributed by atoms with Crippen LogP contribution < -0.4 is 5.32 Å². The molecule has 0 saturated carbocycles. The van der Waals surface area contributed by atoms with Gasteiger partial charge in [-0.3, -0.25) is 4.79 Å². The van der Waals surface area contributed by atoms with Gasteiger partial charge in [-0.15, -0.1) is 11.8 Å².